The highest BCUT2D eigenvalue weighted by molar-refractivity contribution is 5.90. The number of hydrogen-bond donors (Lipinski definition) is 2. The summed E-state index contributed by atoms with van der Waals surface area (Å²) in [7, 11) is 2.81. The van der Waals surface area contributed by atoms with Gasteiger partial charge in [0.05, 0.1) is 19.7 Å². The number of fused-ring (bicyclic) bond motifs is 1. The minimum Gasteiger partial charge on any atom is -0.481 e. The number of carbonyl (C=O) groups excluding carboxylic acids is 1. The summed E-state index contributed by atoms with van der Waals surface area (Å²) in [5.74, 6) is 0.284. The number of ether oxygens (including phenoxy) is 3. The van der Waals surface area contributed by atoms with Crippen molar-refractivity contribution in [2.45, 2.75) is 44.2 Å². The van der Waals surface area contributed by atoms with E-state index in [4.69, 9.17) is 15.2 Å². The Labute approximate surface area is 221 Å². The second-order valence-electron chi connectivity index (χ2n) is 9.48. The standard InChI is InChI=1S/C29H33F2N3O4/c1-36-27-14-11-23-26(38-29(35)37-2)13-7-20(28(23)34-27)17-25(32)18-5-9-22(10-6-18)33-15-3-4-19-16-21(30)8-12-24(19)31/h3-4,7-8,11-14,16,18,22,25,33H,5-6,9-10,15,17,32H2,1-2H3/b4-3+. The van der Waals surface area contributed by atoms with Crippen LogP contribution in [0.5, 0.6) is 11.6 Å². The number of nitrogens with one attached hydrogen (secondary N) is 1. The van der Waals surface area contributed by atoms with E-state index in [9.17, 15) is 13.6 Å². The molecule has 202 valence electrons. The van der Waals surface area contributed by atoms with Crippen molar-refractivity contribution in [2.24, 2.45) is 11.7 Å². The lowest BCUT2D eigenvalue weighted by Crippen LogP contribution is -2.39. The Morgan fingerprint density at radius 1 is 1.13 bits per heavy atom. The largest absolute Gasteiger partial charge is 0.513 e. The van der Waals surface area contributed by atoms with E-state index in [0.717, 1.165) is 43.4 Å². The second-order valence-corrected chi connectivity index (χ2v) is 9.48. The SMILES string of the molecule is COC(=O)Oc1ccc(CC(N)C2CCC(NC/C=C/c3cc(F)ccc3F)CC2)c2nc(OC)ccc12. The molecule has 0 bridgehead atoms. The first-order valence-corrected chi connectivity index (χ1v) is 12.7. The fourth-order valence-corrected chi connectivity index (χ4v) is 4.96. The predicted molar refractivity (Wildman–Crippen MR) is 142 cm³/mol. The lowest BCUT2D eigenvalue weighted by Gasteiger charge is -2.32. The van der Waals surface area contributed by atoms with Gasteiger partial charge < -0.3 is 25.3 Å². The minimum atomic E-state index is -0.798. The third-order valence-electron chi connectivity index (χ3n) is 7.06. The van der Waals surface area contributed by atoms with Gasteiger partial charge in [-0.2, -0.15) is 0 Å². The lowest BCUT2D eigenvalue weighted by atomic mass is 9.80. The van der Waals surface area contributed by atoms with E-state index in [2.05, 4.69) is 15.0 Å². The van der Waals surface area contributed by atoms with Crippen molar-refractivity contribution < 1.29 is 27.8 Å². The maximum absolute atomic E-state index is 13.8. The van der Waals surface area contributed by atoms with Gasteiger partial charge in [-0.15, -0.1) is 0 Å². The highest BCUT2D eigenvalue weighted by Gasteiger charge is 2.26. The molecule has 1 saturated carbocycles. The van der Waals surface area contributed by atoms with Gasteiger partial charge >= 0.3 is 6.16 Å². The summed E-state index contributed by atoms with van der Waals surface area (Å²) >= 11 is 0. The first kappa shape index (κ1) is 27.5. The van der Waals surface area contributed by atoms with E-state index in [1.807, 2.05) is 18.2 Å². The van der Waals surface area contributed by atoms with Gasteiger partial charge in [-0.1, -0.05) is 18.2 Å². The Morgan fingerprint density at radius 2 is 1.92 bits per heavy atom. The molecule has 0 radical (unpaired) electrons. The molecule has 3 N–H and O–H groups in total. The zero-order chi connectivity index (χ0) is 27.1. The molecule has 9 heteroatoms. The van der Waals surface area contributed by atoms with E-state index in [1.165, 1.54) is 13.2 Å². The topological polar surface area (TPSA) is 95.7 Å². The molecule has 1 aliphatic carbocycles. The van der Waals surface area contributed by atoms with Crippen LogP contribution >= 0.6 is 0 Å². The first-order valence-electron chi connectivity index (χ1n) is 12.7. The Hall–Kier alpha value is -3.56. The normalized spacial score (nSPS) is 18.4. The van der Waals surface area contributed by atoms with Crippen molar-refractivity contribution in [1.29, 1.82) is 0 Å². The molecule has 0 spiro atoms. The first-order chi connectivity index (χ1) is 18.4. The van der Waals surface area contributed by atoms with Crippen LogP contribution in [0.2, 0.25) is 0 Å². The Morgan fingerprint density at radius 3 is 2.66 bits per heavy atom. The predicted octanol–water partition coefficient (Wildman–Crippen LogP) is 5.40. The quantitative estimate of drug-likeness (QED) is 0.285. The number of nitrogens with two attached hydrogens (primary N) is 1. The number of halogens is 2. The van der Waals surface area contributed by atoms with Gasteiger partial charge in [0, 0.05) is 35.6 Å². The number of benzene rings is 2. The monoisotopic (exact) mass is 525 g/mol. The molecule has 4 rings (SSSR count). The maximum atomic E-state index is 13.8. The van der Waals surface area contributed by atoms with Gasteiger partial charge in [0.15, 0.2) is 0 Å². The number of pyridine rings is 1. The van der Waals surface area contributed by atoms with Crippen molar-refractivity contribution in [3.8, 4) is 11.6 Å². The highest BCUT2D eigenvalue weighted by Crippen LogP contribution is 2.33. The van der Waals surface area contributed by atoms with Gasteiger partial charge in [-0.25, -0.2) is 18.6 Å². The van der Waals surface area contributed by atoms with Crippen LogP contribution in [0.1, 0.15) is 36.8 Å². The Kier molecular flexibility index (Phi) is 9.25. The van der Waals surface area contributed by atoms with Crippen LogP contribution in [0.4, 0.5) is 13.6 Å². The third kappa shape index (κ3) is 6.85. The molecule has 0 amide bonds. The molecule has 1 aromatic heterocycles. The van der Waals surface area contributed by atoms with Crippen LogP contribution in [0.3, 0.4) is 0 Å². The van der Waals surface area contributed by atoms with E-state index in [-0.39, 0.29) is 11.6 Å². The summed E-state index contributed by atoms with van der Waals surface area (Å²) < 4.78 is 42.3. The molecule has 1 atom stereocenters. The molecule has 1 aliphatic rings. The number of aromatic nitrogens is 1. The highest BCUT2D eigenvalue weighted by atomic mass is 19.1. The third-order valence-corrected chi connectivity index (χ3v) is 7.06. The molecule has 2 aromatic carbocycles. The average molecular weight is 526 g/mol. The number of hydrogen-bond acceptors (Lipinski definition) is 7. The molecule has 38 heavy (non-hydrogen) atoms. The average Bonchev–Trinajstić information content (AvgIpc) is 2.94. The van der Waals surface area contributed by atoms with Gasteiger partial charge in [-0.3, -0.25) is 0 Å². The van der Waals surface area contributed by atoms with Crippen LogP contribution < -0.4 is 20.5 Å². The lowest BCUT2D eigenvalue weighted by molar-refractivity contribution is 0.122. The van der Waals surface area contributed by atoms with Gasteiger partial charge in [0.1, 0.15) is 17.4 Å². The van der Waals surface area contributed by atoms with E-state index in [0.29, 0.717) is 47.5 Å². The molecule has 1 fully saturated rings. The van der Waals surface area contributed by atoms with E-state index in [1.54, 1.807) is 25.3 Å². The van der Waals surface area contributed by atoms with Crippen molar-refractivity contribution >= 4 is 23.1 Å². The van der Waals surface area contributed by atoms with E-state index >= 15 is 0 Å². The van der Waals surface area contributed by atoms with Gasteiger partial charge in [-0.05, 0) is 73.9 Å². The van der Waals surface area contributed by atoms with Gasteiger partial charge in [0.25, 0.3) is 0 Å². The summed E-state index contributed by atoms with van der Waals surface area (Å²) in [6.07, 6.45) is 7.18. The van der Waals surface area contributed by atoms with Crippen molar-refractivity contribution in [3.63, 3.8) is 0 Å². The number of rotatable bonds is 9. The fourth-order valence-electron chi connectivity index (χ4n) is 4.96. The minimum absolute atomic E-state index is 0.0598. The Balaban J connectivity index is 1.34. The number of carbonyl (C=O) groups is 1. The van der Waals surface area contributed by atoms with Crippen LogP contribution in [0, 0.1) is 17.6 Å². The van der Waals surface area contributed by atoms with Crippen LogP contribution in [0.25, 0.3) is 17.0 Å². The molecular formula is C29H33F2N3O4. The van der Waals surface area contributed by atoms with Crippen molar-refractivity contribution in [3.05, 3.63) is 71.3 Å². The van der Waals surface area contributed by atoms with Crippen molar-refractivity contribution in [1.82, 2.24) is 10.3 Å². The summed E-state index contributed by atoms with van der Waals surface area (Å²) in [4.78, 5) is 16.3. The molecule has 1 unspecified atom stereocenters. The summed E-state index contributed by atoms with van der Waals surface area (Å²) in [5.41, 5.74) is 8.56. The number of methoxy groups -OCH3 is 2. The Bertz CT molecular complexity index is 1290. The smallest absolute Gasteiger partial charge is 0.481 e. The van der Waals surface area contributed by atoms with Crippen LogP contribution in [-0.4, -0.2) is 44.0 Å². The summed E-state index contributed by atoms with van der Waals surface area (Å²) in [5, 5.41) is 4.16. The molecule has 1 heterocycles. The van der Waals surface area contributed by atoms with Gasteiger partial charge in [0.2, 0.25) is 5.88 Å². The van der Waals surface area contributed by atoms with Crippen LogP contribution in [0.15, 0.2) is 48.5 Å². The summed E-state index contributed by atoms with van der Waals surface area (Å²) in [6.45, 7) is 0.580. The summed E-state index contributed by atoms with van der Waals surface area (Å²) in [6, 6.07) is 10.9. The molecule has 0 aliphatic heterocycles. The zero-order valence-electron chi connectivity index (χ0n) is 21.6. The zero-order valence-corrected chi connectivity index (χ0v) is 21.6. The van der Waals surface area contributed by atoms with Crippen molar-refractivity contribution in [2.75, 3.05) is 20.8 Å². The molecule has 0 saturated heterocycles. The van der Waals surface area contributed by atoms with Crippen LogP contribution in [-0.2, 0) is 11.2 Å². The molecule has 7 nitrogen and oxygen atoms in total. The molecule has 3 aromatic rings. The van der Waals surface area contributed by atoms with E-state index < -0.39 is 17.8 Å². The fraction of sp³-hybridized carbons (Fsp3) is 0.379. The second kappa shape index (κ2) is 12.8. The molecular weight excluding hydrogens is 492 g/mol. The number of nitrogens with zero attached hydrogens (tertiary/aromatic N) is 1. The maximum Gasteiger partial charge on any atom is 0.513 e.